The van der Waals surface area contributed by atoms with Crippen LogP contribution in [0.2, 0.25) is 0 Å². The second-order valence-electron chi connectivity index (χ2n) is 6.51. The van der Waals surface area contributed by atoms with Gasteiger partial charge < -0.3 is 19.7 Å². The molecule has 0 saturated carbocycles. The normalized spacial score (nSPS) is 13.9. The third kappa shape index (κ3) is 5.14. The van der Waals surface area contributed by atoms with Gasteiger partial charge in [0.1, 0.15) is 12.4 Å². The largest absolute Gasteiger partial charge is 0.487 e. The van der Waals surface area contributed by atoms with E-state index in [-0.39, 0.29) is 5.91 Å². The van der Waals surface area contributed by atoms with Crippen molar-refractivity contribution in [2.45, 2.75) is 6.61 Å². The Morgan fingerprint density at radius 2 is 2.10 bits per heavy atom. The number of hydrogen-bond donors (Lipinski definition) is 1. The minimum Gasteiger partial charge on any atom is -0.487 e. The Bertz CT molecular complexity index is 975. The highest BCUT2D eigenvalue weighted by Gasteiger charge is 2.17. The topological polar surface area (TPSA) is 63.7 Å². The van der Waals surface area contributed by atoms with Crippen molar-refractivity contribution in [3.8, 4) is 5.75 Å². The van der Waals surface area contributed by atoms with E-state index in [0.29, 0.717) is 31.1 Å². The van der Waals surface area contributed by atoms with Gasteiger partial charge in [-0.05, 0) is 36.4 Å². The number of nitrogens with one attached hydrogen (secondary N) is 1. The number of nitrogens with zero attached hydrogens (tertiary/aromatic N) is 2. The van der Waals surface area contributed by atoms with Crippen molar-refractivity contribution < 1.29 is 14.3 Å². The smallest absolute Gasteiger partial charge is 0.255 e. The van der Waals surface area contributed by atoms with Crippen LogP contribution in [0.15, 0.2) is 57.8 Å². The van der Waals surface area contributed by atoms with Crippen LogP contribution in [0.4, 0.5) is 11.4 Å². The molecule has 150 valence electrons. The summed E-state index contributed by atoms with van der Waals surface area (Å²) in [4.78, 5) is 19.3. The van der Waals surface area contributed by atoms with Crippen molar-refractivity contribution in [2.24, 2.45) is 0 Å². The van der Waals surface area contributed by atoms with E-state index >= 15 is 0 Å². The molecule has 2 aromatic carbocycles. The average molecular weight is 474 g/mol. The maximum atomic E-state index is 12.9. The highest BCUT2D eigenvalue weighted by Crippen LogP contribution is 2.30. The van der Waals surface area contributed by atoms with Gasteiger partial charge in [0.2, 0.25) is 0 Å². The number of carbonyl (C=O) groups excluding carboxylic acids is 1. The molecule has 1 saturated heterocycles. The first kappa shape index (κ1) is 19.9. The van der Waals surface area contributed by atoms with Gasteiger partial charge in [-0.15, -0.1) is 11.3 Å². The van der Waals surface area contributed by atoms with Crippen LogP contribution in [0.1, 0.15) is 16.1 Å². The van der Waals surface area contributed by atoms with E-state index < -0.39 is 0 Å². The summed E-state index contributed by atoms with van der Waals surface area (Å²) >= 11 is 5.03. The van der Waals surface area contributed by atoms with E-state index in [9.17, 15) is 4.79 Å². The van der Waals surface area contributed by atoms with Crippen molar-refractivity contribution in [2.75, 3.05) is 36.5 Å². The van der Waals surface area contributed by atoms with Gasteiger partial charge in [0.15, 0.2) is 0 Å². The monoisotopic (exact) mass is 473 g/mol. The maximum Gasteiger partial charge on any atom is 0.255 e. The Kier molecular flexibility index (Phi) is 6.43. The Labute approximate surface area is 181 Å². The molecule has 0 aliphatic carbocycles. The fraction of sp³-hybridized carbons (Fsp3) is 0.238. The Morgan fingerprint density at radius 1 is 1.24 bits per heavy atom. The Hall–Kier alpha value is -2.42. The lowest BCUT2D eigenvalue weighted by Gasteiger charge is -2.30. The van der Waals surface area contributed by atoms with Crippen LogP contribution in [0.3, 0.4) is 0 Å². The van der Waals surface area contributed by atoms with Crippen molar-refractivity contribution in [3.63, 3.8) is 0 Å². The number of amides is 1. The average Bonchev–Trinajstić information content (AvgIpc) is 3.27. The molecular formula is C21H20BrN3O3S. The summed E-state index contributed by atoms with van der Waals surface area (Å²) in [5, 5.41) is 4.99. The molecule has 0 spiro atoms. The zero-order valence-corrected chi connectivity index (χ0v) is 18.0. The minimum atomic E-state index is -0.184. The van der Waals surface area contributed by atoms with Gasteiger partial charge in [-0.1, -0.05) is 22.0 Å². The van der Waals surface area contributed by atoms with Gasteiger partial charge in [-0.3, -0.25) is 4.79 Å². The Balaban J connectivity index is 1.49. The second-order valence-corrected chi connectivity index (χ2v) is 8.15. The summed E-state index contributed by atoms with van der Waals surface area (Å²) in [6, 6.07) is 13.1. The Morgan fingerprint density at radius 3 is 2.90 bits per heavy atom. The van der Waals surface area contributed by atoms with E-state index in [1.54, 1.807) is 17.6 Å². The zero-order valence-electron chi connectivity index (χ0n) is 15.6. The zero-order chi connectivity index (χ0) is 20.1. The van der Waals surface area contributed by atoms with Crippen molar-refractivity contribution in [1.29, 1.82) is 0 Å². The van der Waals surface area contributed by atoms with E-state index in [1.807, 2.05) is 35.7 Å². The lowest BCUT2D eigenvalue weighted by molar-refractivity contribution is 0.102. The molecule has 0 atom stereocenters. The molecule has 0 bridgehead atoms. The predicted octanol–water partition coefficient (Wildman–Crippen LogP) is 4.57. The molecule has 8 heteroatoms. The fourth-order valence-corrected chi connectivity index (χ4v) is 3.98. The lowest BCUT2D eigenvalue weighted by atomic mass is 10.1. The number of rotatable bonds is 6. The summed E-state index contributed by atoms with van der Waals surface area (Å²) < 4.78 is 12.1. The highest BCUT2D eigenvalue weighted by atomic mass is 79.9. The van der Waals surface area contributed by atoms with Gasteiger partial charge in [-0.25, -0.2) is 4.98 Å². The first-order chi connectivity index (χ1) is 14.2. The van der Waals surface area contributed by atoms with Gasteiger partial charge in [0, 0.05) is 28.5 Å². The van der Waals surface area contributed by atoms with Crippen LogP contribution in [0.5, 0.6) is 5.75 Å². The molecule has 1 aliphatic rings. The molecule has 3 aromatic rings. The van der Waals surface area contributed by atoms with Crippen molar-refractivity contribution >= 4 is 44.5 Å². The van der Waals surface area contributed by atoms with E-state index in [4.69, 9.17) is 9.47 Å². The minimum absolute atomic E-state index is 0.184. The maximum absolute atomic E-state index is 12.9. The van der Waals surface area contributed by atoms with Crippen molar-refractivity contribution in [3.05, 3.63) is 69.1 Å². The van der Waals surface area contributed by atoms with Crippen LogP contribution in [0.25, 0.3) is 0 Å². The van der Waals surface area contributed by atoms with E-state index in [1.165, 1.54) is 11.3 Å². The van der Waals surface area contributed by atoms with Gasteiger partial charge >= 0.3 is 0 Å². The predicted molar refractivity (Wildman–Crippen MR) is 118 cm³/mol. The van der Waals surface area contributed by atoms with E-state index in [0.717, 1.165) is 34.6 Å². The van der Waals surface area contributed by atoms with Gasteiger partial charge in [0.25, 0.3) is 5.91 Å². The molecule has 1 amide bonds. The van der Waals surface area contributed by atoms with Crippen LogP contribution in [0, 0.1) is 0 Å². The summed E-state index contributed by atoms with van der Waals surface area (Å²) in [5.41, 5.74) is 4.93. The summed E-state index contributed by atoms with van der Waals surface area (Å²) in [5.74, 6) is 0.449. The lowest BCUT2D eigenvalue weighted by Crippen LogP contribution is -2.36. The third-order valence-corrected chi connectivity index (χ3v) is 5.65. The number of thiazole rings is 1. The van der Waals surface area contributed by atoms with Crippen LogP contribution >= 0.6 is 27.3 Å². The number of anilines is 2. The first-order valence-corrected chi connectivity index (χ1v) is 11.0. The standard InChI is InChI=1S/C21H20BrN3O3S/c22-16-4-5-20(25-6-8-27-9-7-25)19(11-16)24-21(26)15-2-1-3-18(10-15)28-12-17-13-29-14-23-17/h1-5,10-11,13-14H,6-9,12H2,(H,24,26). The molecule has 1 aliphatic heterocycles. The van der Waals surface area contributed by atoms with Gasteiger partial charge in [-0.2, -0.15) is 0 Å². The fourth-order valence-electron chi connectivity index (χ4n) is 3.08. The quantitative estimate of drug-likeness (QED) is 0.567. The molecule has 4 rings (SSSR count). The third-order valence-electron chi connectivity index (χ3n) is 4.52. The molecule has 0 radical (unpaired) electrons. The first-order valence-electron chi connectivity index (χ1n) is 9.22. The highest BCUT2D eigenvalue weighted by molar-refractivity contribution is 9.10. The number of benzene rings is 2. The SMILES string of the molecule is O=C(Nc1cc(Br)ccc1N1CCOCC1)c1cccc(OCc2cscn2)c1. The number of aromatic nitrogens is 1. The second kappa shape index (κ2) is 9.39. The molecule has 29 heavy (non-hydrogen) atoms. The molecular weight excluding hydrogens is 454 g/mol. The number of carbonyl (C=O) groups is 1. The van der Waals surface area contributed by atoms with Crippen molar-refractivity contribution in [1.82, 2.24) is 4.98 Å². The van der Waals surface area contributed by atoms with Gasteiger partial charge in [0.05, 0.1) is 35.8 Å². The summed E-state index contributed by atoms with van der Waals surface area (Å²) in [6.45, 7) is 3.33. The number of morpholine rings is 1. The number of halogens is 1. The molecule has 1 fully saturated rings. The number of hydrogen-bond acceptors (Lipinski definition) is 6. The molecule has 1 N–H and O–H groups in total. The molecule has 2 heterocycles. The molecule has 0 unspecified atom stereocenters. The van der Waals surface area contributed by atoms with Crippen LogP contribution in [-0.2, 0) is 11.3 Å². The van der Waals surface area contributed by atoms with Crippen LogP contribution in [-0.4, -0.2) is 37.2 Å². The molecule has 6 nitrogen and oxygen atoms in total. The number of ether oxygens (including phenoxy) is 2. The summed E-state index contributed by atoms with van der Waals surface area (Å²) in [7, 11) is 0. The molecule has 1 aromatic heterocycles. The summed E-state index contributed by atoms with van der Waals surface area (Å²) in [6.07, 6.45) is 0. The van der Waals surface area contributed by atoms with Crippen LogP contribution < -0.4 is 15.0 Å². The van der Waals surface area contributed by atoms with E-state index in [2.05, 4.69) is 31.1 Å².